The maximum Gasteiger partial charge on any atom is 0.137 e. The molecule has 10 heteroatoms. The van der Waals surface area contributed by atoms with Crippen molar-refractivity contribution in [1.82, 2.24) is 39.5 Å². The fourth-order valence-corrected chi connectivity index (χ4v) is 4.47. The summed E-state index contributed by atoms with van der Waals surface area (Å²) in [5, 5.41) is 36.9. The van der Waals surface area contributed by atoms with Crippen molar-refractivity contribution in [2.75, 3.05) is 7.05 Å². The monoisotopic (exact) mass is 444 g/mol. The van der Waals surface area contributed by atoms with Crippen LogP contribution in [-0.4, -0.2) is 62.5 Å². The van der Waals surface area contributed by atoms with Crippen molar-refractivity contribution in [3.8, 4) is 17.0 Å². The number of benzene rings is 1. The van der Waals surface area contributed by atoms with Gasteiger partial charge in [0.25, 0.3) is 0 Å². The highest BCUT2D eigenvalue weighted by molar-refractivity contribution is 5.94. The molecule has 3 N–H and O–H groups in total. The zero-order valence-electron chi connectivity index (χ0n) is 18.2. The lowest BCUT2D eigenvalue weighted by Gasteiger charge is -2.44. The Labute approximate surface area is 189 Å². The lowest BCUT2D eigenvalue weighted by molar-refractivity contribution is -0.155. The van der Waals surface area contributed by atoms with Gasteiger partial charge in [0, 0.05) is 36.0 Å². The molecule has 5 aromatic rings. The van der Waals surface area contributed by atoms with E-state index < -0.39 is 5.72 Å². The van der Waals surface area contributed by atoms with E-state index in [4.69, 9.17) is 4.98 Å². The summed E-state index contributed by atoms with van der Waals surface area (Å²) in [6.07, 6.45) is 10.3. The number of hydrogen-bond acceptors (Lipinski definition) is 7. The van der Waals surface area contributed by atoms with Gasteiger partial charge in [0.05, 0.1) is 30.1 Å². The van der Waals surface area contributed by atoms with Gasteiger partial charge in [-0.3, -0.25) is 10.00 Å². The number of imidazole rings is 1. The zero-order valence-corrected chi connectivity index (χ0v) is 18.2. The Morgan fingerprint density at radius 3 is 2.88 bits per heavy atom. The van der Waals surface area contributed by atoms with Crippen molar-refractivity contribution in [1.29, 1.82) is 0 Å². The van der Waals surface area contributed by atoms with E-state index in [0.29, 0.717) is 18.8 Å². The SMILES string of the molecule is CN(Cc1ccc2nc(Cn3cc(-c4cc(O)cc5[nH]ncc45)nn3)cn2c1)C1(O)CCC1. The van der Waals surface area contributed by atoms with Crippen molar-refractivity contribution >= 4 is 16.6 Å². The molecular weight excluding hydrogens is 420 g/mol. The van der Waals surface area contributed by atoms with Gasteiger partial charge in [-0.25, -0.2) is 9.67 Å². The normalized spacial score (nSPS) is 15.5. The summed E-state index contributed by atoms with van der Waals surface area (Å²) in [5.74, 6) is 0.141. The largest absolute Gasteiger partial charge is 0.508 e. The standard InChI is InChI=1S/C23H24N8O2/c1-29(23(33)5-2-6-23)10-15-3-4-22-25-16(12-30(22)11-15)13-31-14-21(27-28-31)18-7-17(32)8-20-19(18)9-24-26-20/h3-4,7-9,11-12,14,32-33H,2,5-6,10,13H2,1H3,(H,24,26). The lowest BCUT2D eigenvalue weighted by atomic mass is 9.87. The third kappa shape index (κ3) is 3.53. The molecule has 0 amide bonds. The summed E-state index contributed by atoms with van der Waals surface area (Å²) in [4.78, 5) is 6.72. The van der Waals surface area contributed by atoms with E-state index in [2.05, 4.69) is 32.8 Å². The number of H-pyrrole nitrogens is 1. The highest BCUT2D eigenvalue weighted by atomic mass is 16.3. The molecule has 0 spiro atoms. The number of nitrogens with zero attached hydrogens (tertiary/aromatic N) is 7. The number of rotatable bonds is 6. The Balaban J connectivity index is 1.22. The van der Waals surface area contributed by atoms with Crippen LogP contribution in [0.4, 0.5) is 0 Å². The molecule has 168 valence electrons. The number of hydrogen-bond donors (Lipinski definition) is 3. The molecule has 0 aliphatic heterocycles. The molecule has 1 aliphatic rings. The van der Waals surface area contributed by atoms with E-state index in [1.54, 1.807) is 23.0 Å². The number of aromatic hydroxyl groups is 1. The fraction of sp³-hybridized carbons (Fsp3) is 0.304. The van der Waals surface area contributed by atoms with Crippen molar-refractivity contribution in [2.24, 2.45) is 0 Å². The highest BCUT2D eigenvalue weighted by Gasteiger charge is 2.38. The average Bonchev–Trinajstić information content (AvgIpc) is 3.50. The summed E-state index contributed by atoms with van der Waals surface area (Å²) in [7, 11) is 1.97. The summed E-state index contributed by atoms with van der Waals surface area (Å²) in [6, 6.07) is 7.34. The average molecular weight is 444 g/mol. The third-order valence-corrected chi connectivity index (χ3v) is 6.53. The molecule has 1 aromatic carbocycles. The first-order chi connectivity index (χ1) is 16.0. The van der Waals surface area contributed by atoms with Gasteiger partial charge < -0.3 is 14.6 Å². The van der Waals surface area contributed by atoms with Crippen LogP contribution in [0.2, 0.25) is 0 Å². The van der Waals surface area contributed by atoms with Crippen LogP contribution in [-0.2, 0) is 13.1 Å². The first-order valence-corrected chi connectivity index (χ1v) is 10.9. The Kier molecular flexibility index (Phi) is 4.46. The van der Waals surface area contributed by atoms with Gasteiger partial charge in [-0.2, -0.15) is 5.10 Å². The van der Waals surface area contributed by atoms with Gasteiger partial charge in [0.2, 0.25) is 0 Å². The molecule has 4 heterocycles. The number of aromatic amines is 1. The van der Waals surface area contributed by atoms with Gasteiger partial charge in [-0.05, 0) is 44.0 Å². The number of pyridine rings is 1. The van der Waals surface area contributed by atoms with Crippen LogP contribution < -0.4 is 0 Å². The number of phenols is 1. The molecule has 0 unspecified atom stereocenters. The minimum atomic E-state index is -0.669. The van der Waals surface area contributed by atoms with Gasteiger partial charge in [-0.15, -0.1) is 5.10 Å². The van der Waals surface area contributed by atoms with Crippen LogP contribution >= 0.6 is 0 Å². The summed E-state index contributed by atoms with van der Waals surface area (Å²) < 4.78 is 3.74. The number of aromatic nitrogens is 7. The minimum absolute atomic E-state index is 0.141. The maximum atomic E-state index is 10.5. The molecule has 0 bridgehead atoms. The maximum absolute atomic E-state index is 10.5. The molecular formula is C23H24N8O2. The quantitative estimate of drug-likeness (QED) is 0.344. The van der Waals surface area contributed by atoms with Crippen LogP contribution in [0, 0.1) is 0 Å². The van der Waals surface area contributed by atoms with E-state index in [1.165, 1.54) is 0 Å². The second-order valence-corrected chi connectivity index (χ2v) is 8.85. The number of fused-ring (bicyclic) bond motifs is 2. The summed E-state index contributed by atoms with van der Waals surface area (Å²) >= 11 is 0. The first kappa shape index (κ1) is 19.9. The van der Waals surface area contributed by atoms with E-state index >= 15 is 0 Å². The minimum Gasteiger partial charge on any atom is -0.508 e. The second kappa shape index (κ2) is 7.39. The Bertz CT molecular complexity index is 1460. The molecule has 33 heavy (non-hydrogen) atoms. The number of aliphatic hydroxyl groups is 1. The van der Waals surface area contributed by atoms with Gasteiger partial charge in [0.15, 0.2) is 0 Å². The summed E-state index contributed by atoms with van der Waals surface area (Å²) in [5.41, 5.74) is 4.32. The Hall–Kier alpha value is -3.76. The van der Waals surface area contributed by atoms with Crippen molar-refractivity contribution < 1.29 is 10.2 Å². The van der Waals surface area contributed by atoms with Crippen LogP contribution in [0.15, 0.2) is 49.1 Å². The van der Waals surface area contributed by atoms with Gasteiger partial charge in [0.1, 0.15) is 22.8 Å². The smallest absolute Gasteiger partial charge is 0.137 e. The van der Waals surface area contributed by atoms with E-state index in [0.717, 1.165) is 52.6 Å². The van der Waals surface area contributed by atoms with E-state index in [1.807, 2.05) is 34.8 Å². The predicted octanol–water partition coefficient (Wildman–Crippen LogP) is 2.53. The van der Waals surface area contributed by atoms with Crippen molar-refractivity contribution in [2.45, 2.75) is 38.1 Å². The number of phenolic OH excluding ortho intramolecular Hbond substituents is 1. The molecule has 1 saturated carbocycles. The molecule has 10 nitrogen and oxygen atoms in total. The van der Waals surface area contributed by atoms with E-state index in [-0.39, 0.29) is 5.75 Å². The number of nitrogens with one attached hydrogen (secondary N) is 1. The Morgan fingerprint density at radius 1 is 1.18 bits per heavy atom. The molecule has 4 aromatic heterocycles. The molecule has 0 atom stereocenters. The summed E-state index contributed by atoms with van der Waals surface area (Å²) in [6.45, 7) is 1.15. The van der Waals surface area contributed by atoms with Gasteiger partial charge in [-0.1, -0.05) is 11.3 Å². The highest BCUT2D eigenvalue weighted by Crippen LogP contribution is 2.35. The topological polar surface area (TPSA) is 120 Å². The van der Waals surface area contributed by atoms with E-state index in [9.17, 15) is 10.2 Å². The zero-order chi connectivity index (χ0) is 22.6. The second-order valence-electron chi connectivity index (χ2n) is 8.85. The van der Waals surface area contributed by atoms with Crippen molar-refractivity contribution in [3.05, 3.63) is 60.3 Å². The van der Waals surface area contributed by atoms with Crippen molar-refractivity contribution in [3.63, 3.8) is 0 Å². The van der Waals surface area contributed by atoms with Crippen LogP contribution in [0.25, 0.3) is 27.8 Å². The fourth-order valence-electron chi connectivity index (χ4n) is 4.47. The molecule has 0 radical (unpaired) electrons. The van der Waals surface area contributed by atoms with Crippen LogP contribution in [0.3, 0.4) is 0 Å². The first-order valence-electron chi connectivity index (χ1n) is 10.9. The molecule has 0 saturated heterocycles. The van der Waals surface area contributed by atoms with Crippen LogP contribution in [0.1, 0.15) is 30.5 Å². The third-order valence-electron chi connectivity index (χ3n) is 6.53. The molecule has 1 fully saturated rings. The van der Waals surface area contributed by atoms with Gasteiger partial charge >= 0.3 is 0 Å². The molecule has 6 rings (SSSR count). The predicted molar refractivity (Wildman–Crippen MR) is 121 cm³/mol. The molecule has 1 aliphatic carbocycles. The van der Waals surface area contributed by atoms with Crippen LogP contribution in [0.5, 0.6) is 5.75 Å². The Morgan fingerprint density at radius 2 is 2.06 bits per heavy atom. The lowest BCUT2D eigenvalue weighted by Crippen LogP contribution is -2.51.